The number of para-hydroxylation sites is 1. The molecule has 0 aliphatic carbocycles. The van der Waals surface area contributed by atoms with E-state index >= 15 is 0 Å². The third kappa shape index (κ3) is 3.06. The molecular weight excluding hydrogens is 359 g/mol. The van der Waals surface area contributed by atoms with Crippen molar-refractivity contribution in [2.75, 3.05) is 0 Å². The minimum absolute atomic E-state index is 0.0900. The number of carbonyl (C=O) groups excluding carboxylic acids is 1. The Labute approximate surface area is 146 Å². The van der Waals surface area contributed by atoms with Crippen molar-refractivity contribution < 1.29 is 9.90 Å². The van der Waals surface area contributed by atoms with Gasteiger partial charge in [0.15, 0.2) is 5.78 Å². The fourth-order valence-electron chi connectivity index (χ4n) is 2.14. The standard InChI is InChI=1S/C16H9Cl3N2O2/c17-10-5-12(18)15(13(19)6-10)21-8-9(7-20-21)16(23)11-3-1-2-4-14(11)22/h1-8,22H. The summed E-state index contributed by atoms with van der Waals surface area (Å²) < 4.78 is 1.40. The van der Waals surface area contributed by atoms with Gasteiger partial charge in [0, 0.05) is 11.2 Å². The van der Waals surface area contributed by atoms with E-state index in [1.165, 1.54) is 41.3 Å². The van der Waals surface area contributed by atoms with Gasteiger partial charge in [-0.15, -0.1) is 0 Å². The maximum atomic E-state index is 12.4. The summed E-state index contributed by atoms with van der Waals surface area (Å²) in [4.78, 5) is 12.4. The van der Waals surface area contributed by atoms with E-state index in [1.54, 1.807) is 12.1 Å². The molecule has 0 spiro atoms. The van der Waals surface area contributed by atoms with Crippen LogP contribution in [0.4, 0.5) is 0 Å². The molecule has 0 saturated carbocycles. The molecule has 7 heteroatoms. The van der Waals surface area contributed by atoms with Gasteiger partial charge in [0.1, 0.15) is 11.4 Å². The number of phenols is 1. The molecule has 0 aliphatic heterocycles. The lowest BCUT2D eigenvalue weighted by Crippen LogP contribution is -2.01. The van der Waals surface area contributed by atoms with Crippen LogP contribution in [0.2, 0.25) is 15.1 Å². The average Bonchev–Trinajstić information content (AvgIpc) is 2.95. The molecule has 0 aliphatic rings. The first kappa shape index (κ1) is 15.9. The third-order valence-corrected chi connectivity index (χ3v) is 4.00. The SMILES string of the molecule is O=C(c1cnn(-c2c(Cl)cc(Cl)cc2Cl)c1)c1ccccc1O. The molecule has 3 rings (SSSR count). The fraction of sp³-hybridized carbons (Fsp3) is 0. The molecule has 4 nitrogen and oxygen atoms in total. The molecule has 0 atom stereocenters. The number of aromatic hydroxyl groups is 1. The molecular formula is C16H9Cl3N2O2. The van der Waals surface area contributed by atoms with E-state index < -0.39 is 0 Å². The van der Waals surface area contributed by atoms with E-state index in [2.05, 4.69) is 5.10 Å². The van der Waals surface area contributed by atoms with Crippen LogP contribution in [0.3, 0.4) is 0 Å². The summed E-state index contributed by atoms with van der Waals surface area (Å²) in [7, 11) is 0. The van der Waals surface area contributed by atoms with Gasteiger partial charge >= 0.3 is 0 Å². The maximum Gasteiger partial charge on any atom is 0.199 e. The number of carbonyl (C=O) groups is 1. The van der Waals surface area contributed by atoms with Crippen molar-refractivity contribution in [2.45, 2.75) is 0 Å². The predicted octanol–water partition coefficient (Wildman–Crippen LogP) is 4.77. The zero-order valence-electron chi connectivity index (χ0n) is 11.5. The summed E-state index contributed by atoms with van der Waals surface area (Å²) >= 11 is 18.2. The molecule has 2 aromatic carbocycles. The molecule has 0 amide bonds. The monoisotopic (exact) mass is 366 g/mol. The Morgan fingerprint density at radius 1 is 1.09 bits per heavy atom. The van der Waals surface area contributed by atoms with E-state index in [0.717, 1.165) is 0 Å². The van der Waals surface area contributed by atoms with Crippen molar-refractivity contribution in [3.05, 3.63) is 75.0 Å². The van der Waals surface area contributed by atoms with Gasteiger partial charge in [-0.1, -0.05) is 46.9 Å². The Hall–Kier alpha value is -2.01. The number of hydrogen-bond donors (Lipinski definition) is 1. The highest BCUT2D eigenvalue weighted by molar-refractivity contribution is 6.40. The molecule has 116 valence electrons. The number of benzene rings is 2. The van der Waals surface area contributed by atoms with Crippen LogP contribution in [0, 0.1) is 0 Å². The Morgan fingerprint density at radius 3 is 2.39 bits per heavy atom. The summed E-state index contributed by atoms with van der Waals surface area (Å²) in [6, 6.07) is 9.38. The lowest BCUT2D eigenvalue weighted by molar-refractivity contribution is 0.103. The lowest BCUT2D eigenvalue weighted by atomic mass is 10.1. The van der Waals surface area contributed by atoms with Crippen LogP contribution in [-0.4, -0.2) is 20.7 Å². The molecule has 0 fully saturated rings. The number of halogens is 3. The first-order valence-electron chi connectivity index (χ1n) is 6.49. The Kier molecular flexibility index (Phi) is 4.31. The van der Waals surface area contributed by atoms with Crippen LogP contribution in [0.25, 0.3) is 5.69 Å². The van der Waals surface area contributed by atoms with Crippen molar-refractivity contribution in [2.24, 2.45) is 0 Å². The summed E-state index contributed by atoms with van der Waals surface area (Å²) in [6.07, 6.45) is 2.88. The van der Waals surface area contributed by atoms with Crippen molar-refractivity contribution in [3.63, 3.8) is 0 Å². The molecule has 0 bridgehead atoms. The van der Waals surface area contributed by atoms with Crippen molar-refractivity contribution in [1.29, 1.82) is 0 Å². The molecule has 0 radical (unpaired) electrons. The molecule has 1 N–H and O–H groups in total. The summed E-state index contributed by atoms with van der Waals surface area (Å²) in [5.41, 5.74) is 0.919. The number of nitrogens with zero attached hydrogens (tertiary/aromatic N) is 2. The Balaban J connectivity index is 2.02. The maximum absolute atomic E-state index is 12.4. The van der Waals surface area contributed by atoms with Gasteiger partial charge in [-0.05, 0) is 24.3 Å². The van der Waals surface area contributed by atoms with E-state index in [-0.39, 0.29) is 17.1 Å². The van der Waals surface area contributed by atoms with Crippen molar-refractivity contribution in [3.8, 4) is 11.4 Å². The van der Waals surface area contributed by atoms with Gasteiger partial charge in [0.25, 0.3) is 0 Å². The largest absolute Gasteiger partial charge is 0.507 e. The summed E-state index contributed by atoms with van der Waals surface area (Å²) in [6.45, 7) is 0. The van der Waals surface area contributed by atoms with Crippen LogP contribution in [-0.2, 0) is 0 Å². The van der Waals surface area contributed by atoms with Gasteiger partial charge in [-0.2, -0.15) is 5.10 Å². The quantitative estimate of drug-likeness (QED) is 0.678. The molecule has 3 aromatic rings. The van der Waals surface area contributed by atoms with Gasteiger partial charge in [-0.25, -0.2) is 4.68 Å². The molecule has 1 aromatic heterocycles. The highest BCUT2D eigenvalue weighted by atomic mass is 35.5. The molecule has 0 saturated heterocycles. The number of phenolic OH excluding ortho intramolecular Hbond substituents is 1. The second kappa shape index (κ2) is 6.24. The number of ketones is 1. The highest BCUT2D eigenvalue weighted by Gasteiger charge is 2.17. The average molecular weight is 368 g/mol. The fourth-order valence-corrected chi connectivity index (χ4v) is 3.13. The van der Waals surface area contributed by atoms with Gasteiger partial charge in [0.05, 0.1) is 27.4 Å². The molecule has 23 heavy (non-hydrogen) atoms. The van der Waals surface area contributed by atoms with Crippen LogP contribution in [0.5, 0.6) is 5.75 Å². The smallest absolute Gasteiger partial charge is 0.199 e. The Morgan fingerprint density at radius 2 is 1.74 bits per heavy atom. The van der Waals surface area contributed by atoms with Crippen LogP contribution < -0.4 is 0 Å². The van der Waals surface area contributed by atoms with E-state index in [4.69, 9.17) is 34.8 Å². The van der Waals surface area contributed by atoms with Crippen LogP contribution >= 0.6 is 34.8 Å². The number of rotatable bonds is 3. The first-order valence-corrected chi connectivity index (χ1v) is 7.63. The second-order valence-corrected chi connectivity index (χ2v) is 5.99. The summed E-state index contributed by atoms with van der Waals surface area (Å²) in [5, 5.41) is 14.9. The topological polar surface area (TPSA) is 55.1 Å². The van der Waals surface area contributed by atoms with Gasteiger partial charge in [-0.3, -0.25) is 4.79 Å². The molecule has 0 unspecified atom stereocenters. The van der Waals surface area contributed by atoms with Crippen LogP contribution in [0.1, 0.15) is 15.9 Å². The summed E-state index contributed by atoms with van der Waals surface area (Å²) in [5.74, 6) is -0.441. The second-order valence-electron chi connectivity index (χ2n) is 4.74. The third-order valence-electron chi connectivity index (χ3n) is 3.20. The van der Waals surface area contributed by atoms with Crippen LogP contribution in [0.15, 0.2) is 48.8 Å². The van der Waals surface area contributed by atoms with Crippen molar-refractivity contribution >= 4 is 40.6 Å². The predicted molar refractivity (Wildman–Crippen MR) is 90.1 cm³/mol. The van der Waals surface area contributed by atoms with Crippen molar-refractivity contribution in [1.82, 2.24) is 9.78 Å². The van der Waals surface area contributed by atoms with E-state index in [1.807, 2.05) is 0 Å². The molecule has 1 heterocycles. The highest BCUT2D eigenvalue weighted by Crippen LogP contribution is 2.32. The Bertz CT molecular complexity index is 883. The number of hydrogen-bond acceptors (Lipinski definition) is 3. The zero-order valence-corrected chi connectivity index (χ0v) is 13.8. The lowest BCUT2D eigenvalue weighted by Gasteiger charge is -2.07. The van der Waals surface area contributed by atoms with E-state index in [9.17, 15) is 9.90 Å². The minimum atomic E-state index is -0.351. The minimum Gasteiger partial charge on any atom is -0.507 e. The van der Waals surface area contributed by atoms with E-state index in [0.29, 0.717) is 26.3 Å². The first-order chi connectivity index (χ1) is 11.0. The normalized spacial score (nSPS) is 10.7. The van der Waals surface area contributed by atoms with Gasteiger partial charge in [0.2, 0.25) is 0 Å². The van der Waals surface area contributed by atoms with Gasteiger partial charge < -0.3 is 5.11 Å². The number of aromatic nitrogens is 2. The zero-order chi connectivity index (χ0) is 16.6.